The van der Waals surface area contributed by atoms with E-state index in [1.54, 1.807) is 6.08 Å². The maximum absolute atomic E-state index is 13.1. The predicted molar refractivity (Wildman–Crippen MR) is 268 cm³/mol. The summed E-state index contributed by atoms with van der Waals surface area (Å²) in [6.45, 7) is 6.18. The van der Waals surface area contributed by atoms with E-state index in [4.69, 9.17) is 4.74 Å². The SMILES string of the molecule is CC/C=C\C/C=C\C/C=C\C/C=C\C/C=C\CCCCCC(=O)OC(/C=C/C/C=C/C/C=C/C/C=C/C/C=C/CC)CC(=O)NC(CO)C(O)CCCCCCCCCCCC. The van der Waals surface area contributed by atoms with Gasteiger partial charge in [-0.1, -0.05) is 207 Å². The molecule has 0 aromatic rings. The highest BCUT2D eigenvalue weighted by Gasteiger charge is 2.23. The lowest BCUT2D eigenvalue weighted by atomic mass is 10.0. The Balaban J connectivity index is 4.81. The van der Waals surface area contributed by atoms with Crippen LogP contribution in [-0.4, -0.2) is 46.9 Å². The van der Waals surface area contributed by atoms with E-state index in [1.165, 1.54) is 44.9 Å². The predicted octanol–water partition coefficient (Wildman–Crippen LogP) is 14.9. The highest BCUT2D eigenvalue weighted by molar-refractivity contribution is 5.78. The molecule has 0 aliphatic carbocycles. The highest BCUT2D eigenvalue weighted by atomic mass is 16.5. The summed E-state index contributed by atoms with van der Waals surface area (Å²) >= 11 is 0. The van der Waals surface area contributed by atoms with Crippen molar-refractivity contribution in [3.05, 3.63) is 122 Å². The summed E-state index contributed by atoms with van der Waals surface area (Å²) in [6, 6.07) is -0.756. The van der Waals surface area contributed by atoms with Gasteiger partial charge in [-0.3, -0.25) is 9.59 Å². The summed E-state index contributed by atoms with van der Waals surface area (Å²) in [4.78, 5) is 26.0. The van der Waals surface area contributed by atoms with Crippen LogP contribution in [0.4, 0.5) is 0 Å². The van der Waals surface area contributed by atoms with Crippen LogP contribution in [0.3, 0.4) is 0 Å². The van der Waals surface area contributed by atoms with Crippen LogP contribution < -0.4 is 5.32 Å². The van der Waals surface area contributed by atoms with Crippen LogP contribution in [0.25, 0.3) is 0 Å². The third-order valence-electron chi connectivity index (χ3n) is 10.3. The second kappa shape index (κ2) is 48.3. The minimum Gasteiger partial charge on any atom is -0.458 e. The number of aliphatic hydroxyl groups is 2. The average Bonchev–Trinajstić information content (AvgIpc) is 3.26. The van der Waals surface area contributed by atoms with Gasteiger partial charge >= 0.3 is 5.97 Å². The van der Waals surface area contributed by atoms with Gasteiger partial charge in [0.1, 0.15) is 6.10 Å². The van der Waals surface area contributed by atoms with E-state index < -0.39 is 18.2 Å². The second-order valence-corrected chi connectivity index (χ2v) is 16.1. The quantitative estimate of drug-likeness (QED) is 0.0323. The van der Waals surface area contributed by atoms with Crippen molar-refractivity contribution in [1.82, 2.24) is 5.32 Å². The Morgan fingerprint density at radius 2 is 0.903 bits per heavy atom. The molecule has 0 fully saturated rings. The molecular formula is C56H91NO5. The normalized spacial score (nSPS) is 14.3. The fourth-order valence-corrected chi connectivity index (χ4v) is 6.59. The van der Waals surface area contributed by atoms with E-state index in [0.29, 0.717) is 19.3 Å². The summed E-state index contributed by atoms with van der Waals surface area (Å²) < 4.78 is 5.80. The molecule has 0 bridgehead atoms. The molecule has 0 aliphatic rings. The van der Waals surface area contributed by atoms with Crippen molar-refractivity contribution >= 4 is 11.9 Å². The zero-order valence-electron chi connectivity index (χ0n) is 39.7. The molecule has 0 rings (SSSR count). The van der Waals surface area contributed by atoms with Crippen molar-refractivity contribution in [3.8, 4) is 0 Å². The average molecular weight is 858 g/mol. The van der Waals surface area contributed by atoms with Gasteiger partial charge in [0.2, 0.25) is 5.91 Å². The van der Waals surface area contributed by atoms with Gasteiger partial charge in [0.15, 0.2) is 0 Å². The molecule has 3 N–H and O–H groups in total. The van der Waals surface area contributed by atoms with E-state index in [0.717, 1.165) is 103 Å². The third kappa shape index (κ3) is 42.9. The zero-order chi connectivity index (χ0) is 45.2. The van der Waals surface area contributed by atoms with E-state index in [-0.39, 0.29) is 24.9 Å². The molecule has 3 unspecified atom stereocenters. The smallest absolute Gasteiger partial charge is 0.306 e. The Labute approximate surface area is 380 Å². The molecule has 0 saturated heterocycles. The monoisotopic (exact) mass is 858 g/mol. The summed E-state index contributed by atoms with van der Waals surface area (Å²) in [5.41, 5.74) is 0. The van der Waals surface area contributed by atoms with Gasteiger partial charge in [-0.05, 0) is 96.0 Å². The largest absolute Gasteiger partial charge is 0.458 e. The maximum atomic E-state index is 13.1. The molecular weight excluding hydrogens is 767 g/mol. The van der Waals surface area contributed by atoms with Gasteiger partial charge in [-0.15, -0.1) is 0 Å². The van der Waals surface area contributed by atoms with Crippen molar-refractivity contribution in [3.63, 3.8) is 0 Å². The van der Waals surface area contributed by atoms with Crippen molar-refractivity contribution in [1.29, 1.82) is 0 Å². The molecule has 0 aliphatic heterocycles. The summed E-state index contributed by atoms with van der Waals surface area (Å²) in [5, 5.41) is 23.6. The summed E-state index contributed by atoms with van der Waals surface area (Å²) in [5.74, 6) is -0.681. The van der Waals surface area contributed by atoms with Gasteiger partial charge in [0, 0.05) is 6.42 Å². The van der Waals surface area contributed by atoms with Gasteiger partial charge in [-0.2, -0.15) is 0 Å². The number of unbranched alkanes of at least 4 members (excludes halogenated alkanes) is 12. The molecule has 0 spiro atoms. The highest BCUT2D eigenvalue weighted by Crippen LogP contribution is 2.14. The molecule has 3 atom stereocenters. The Hall–Kier alpha value is -3.74. The number of hydrogen-bond acceptors (Lipinski definition) is 5. The van der Waals surface area contributed by atoms with Gasteiger partial charge in [0.05, 0.1) is 25.2 Å². The standard InChI is InChI=1S/C56H91NO5/c1-4-7-10-13-16-19-22-24-26-27-28-29-30-32-34-37-40-43-46-49-56(61)62-52(47-44-41-38-35-33-31-25-23-20-17-14-11-8-5-2)50-55(60)57-53(51-58)54(59)48-45-42-39-36-21-18-15-12-9-6-3/h7-8,10-11,16-17,19-20,24-26,28-29,31-32,34-35,38,44,47,52-54,58-59H,4-6,9,12-15,18,21-23,27,30,33,36-37,39-43,45-46,48-51H2,1-3H3,(H,57,60)/b10-7-,11-8+,19-16-,20-17+,26-24-,29-28-,31-25+,34-32-,38-35+,47-44+. The van der Waals surface area contributed by atoms with Gasteiger partial charge in [0.25, 0.3) is 0 Å². The number of amides is 1. The Kier molecular flexibility index (Phi) is 45.4. The van der Waals surface area contributed by atoms with Crippen LogP contribution >= 0.6 is 0 Å². The summed E-state index contributed by atoms with van der Waals surface area (Å²) in [7, 11) is 0. The van der Waals surface area contributed by atoms with Crippen LogP contribution in [0.5, 0.6) is 0 Å². The van der Waals surface area contributed by atoms with Crippen LogP contribution in [-0.2, 0) is 14.3 Å². The molecule has 0 saturated carbocycles. The maximum Gasteiger partial charge on any atom is 0.306 e. The number of carbonyl (C=O) groups excluding carboxylic acids is 2. The third-order valence-corrected chi connectivity index (χ3v) is 10.3. The van der Waals surface area contributed by atoms with E-state index in [2.05, 4.69) is 135 Å². The number of allylic oxidation sites excluding steroid dienone is 19. The van der Waals surface area contributed by atoms with E-state index in [9.17, 15) is 19.8 Å². The lowest BCUT2D eigenvalue weighted by Crippen LogP contribution is -2.46. The molecule has 0 heterocycles. The molecule has 6 heteroatoms. The van der Waals surface area contributed by atoms with Crippen molar-refractivity contribution in [2.45, 2.75) is 212 Å². The molecule has 1 amide bonds. The van der Waals surface area contributed by atoms with E-state index >= 15 is 0 Å². The molecule has 6 nitrogen and oxygen atoms in total. The lowest BCUT2D eigenvalue weighted by Gasteiger charge is -2.23. The minimum atomic E-state index is -0.831. The minimum absolute atomic E-state index is 0.0675. The number of esters is 1. The Bertz CT molecular complexity index is 1330. The first-order valence-corrected chi connectivity index (χ1v) is 24.8. The second-order valence-electron chi connectivity index (χ2n) is 16.1. The first-order chi connectivity index (χ1) is 30.5. The number of hydrogen-bond donors (Lipinski definition) is 3. The first kappa shape index (κ1) is 58.3. The van der Waals surface area contributed by atoms with Crippen LogP contribution in [0.15, 0.2) is 122 Å². The number of carbonyl (C=O) groups is 2. The van der Waals surface area contributed by atoms with Crippen molar-refractivity contribution in [2.75, 3.05) is 6.61 Å². The van der Waals surface area contributed by atoms with Crippen LogP contribution in [0.1, 0.15) is 194 Å². The number of ether oxygens (including phenoxy) is 1. The van der Waals surface area contributed by atoms with Gasteiger partial charge in [-0.25, -0.2) is 0 Å². The van der Waals surface area contributed by atoms with Gasteiger partial charge < -0.3 is 20.3 Å². The van der Waals surface area contributed by atoms with E-state index in [1.807, 2.05) is 6.08 Å². The summed E-state index contributed by atoms with van der Waals surface area (Å²) in [6.07, 6.45) is 67.2. The van der Waals surface area contributed by atoms with Crippen LogP contribution in [0, 0.1) is 0 Å². The number of aliphatic hydroxyl groups excluding tert-OH is 2. The zero-order valence-corrected chi connectivity index (χ0v) is 39.7. The fraction of sp³-hybridized carbons (Fsp3) is 0.607. The molecule has 0 radical (unpaired) electrons. The first-order valence-electron chi connectivity index (χ1n) is 24.8. The molecule has 62 heavy (non-hydrogen) atoms. The fourth-order valence-electron chi connectivity index (χ4n) is 6.59. The van der Waals surface area contributed by atoms with Crippen molar-refractivity contribution in [2.24, 2.45) is 0 Å². The Morgan fingerprint density at radius 3 is 1.35 bits per heavy atom. The topological polar surface area (TPSA) is 95.9 Å². The van der Waals surface area contributed by atoms with Crippen molar-refractivity contribution < 1.29 is 24.5 Å². The Morgan fingerprint density at radius 1 is 0.500 bits per heavy atom. The molecule has 0 aromatic carbocycles. The number of nitrogens with one attached hydrogen (secondary N) is 1. The van der Waals surface area contributed by atoms with Crippen LogP contribution in [0.2, 0.25) is 0 Å². The number of rotatable bonds is 42. The molecule has 350 valence electrons. The lowest BCUT2D eigenvalue weighted by molar-refractivity contribution is -0.148. The molecule has 0 aromatic heterocycles.